The number of rotatable bonds is 34. The van der Waals surface area contributed by atoms with Gasteiger partial charge in [-0.05, 0) is 38.2 Å². The Kier molecular flexibility index (Phi) is 30.5. The van der Waals surface area contributed by atoms with Crippen LogP contribution in [0.4, 0.5) is 0 Å². The van der Waals surface area contributed by atoms with E-state index in [0.29, 0.717) is 31.3 Å². The van der Waals surface area contributed by atoms with E-state index in [1.807, 2.05) is 0 Å². The van der Waals surface area contributed by atoms with E-state index in [-0.39, 0.29) is 6.42 Å². The molecule has 9 N–H and O–H groups in total. The Bertz CT molecular complexity index is 996. The van der Waals surface area contributed by atoms with Gasteiger partial charge in [-0.1, -0.05) is 154 Å². The number of hydrogen-bond donors (Lipinski definition) is 9. The molecule has 324 valence electrons. The van der Waals surface area contributed by atoms with Crippen LogP contribution < -0.4 is 5.32 Å². The molecule has 1 saturated heterocycles. The average molecular weight is 788 g/mol. The van der Waals surface area contributed by atoms with Crippen molar-refractivity contribution in [2.75, 3.05) is 13.2 Å². The normalized spacial score (nSPS) is 23.5. The molecule has 55 heavy (non-hydrogen) atoms. The fraction of sp³-hybridized carbons (Fsp3) is 0.884. The van der Waals surface area contributed by atoms with Gasteiger partial charge in [0.25, 0.3) is 0 Å². The molecule has 1 aliphatic rings. The summed E-state index contributed by atoms with van der Waals surface area (Å²) in [5, 5.41) is 85.5. The van der Waals surface area contributed by atoms with Gasteiger partial charge in [-0.3, -0.25) is 4.79 Å². The first-order chi connectivity index (χ1) is 26.5. The summed E-state index contributed by atoms with van der Waals surface area (Å²) in [4.78, 5) is 13.0. The van der Waals surface area contributed by atoms with Crippen molar-refractivity contribution in [1.29, 1.82) is 0 Å². The molecule has 1 rings (SSSR count). The molecular formula is C43H81NO11. The summed E-state index contributed by atoms with van der Waals surface area (Å²) in [6, 6.07) is -1.10. The maximum absolute atomic E-state index is 13.0. The second kappa shape index (κ2) is 32.5. The molecule has 0 aromatic carbocycles. The SMILES string of the molecule is CCCCCCCCCCCCCCCC[C@@H](O)C(=O)N[C@@H](CO[C@@H]1O[C@H](CO)[C@@H](O)[C@H](O)[C@H]1O)[C@H](O)/C=C/CCC(O)/C(C)=C/C(O)CCCCCCC. The lowest BCUT2D eigenvalue weighted by Crippen LogP contribution is -2.60. The van der Waals surface area contributed by atoms with Gasteiger partial charge < -0.3 is 55.6 Å². The van der Waals surface area contributed by atoms with Crippen LogP contribution in [0.5, 0.6) is 0 Å². The molecule has 1 amide bonds. The van der Waals surface area contributed by atoms with E-state index >= 15 is 0 Å². The van der Waals surface area contributed by atoms with Gasteiger partial charge in [0.1, 0.15) is 30.5 Å². The van der Waals surface area contributed by atoms with Crippen molar-refractivity contribution >= 4 is 5.91 Å². The van der Waals surface area contributed by atoms with E-state index in [2.05, 4.69) is 19.2 Å². The number of unbranched alkanes of at least 4 members (excludes halogenated alkanes) is 17. The van der Waals surface area contributed by atoms with Crippen molar-refractivity contribution in [3.05, 3.63) is 23.8 Å². The smallest absolute Gasteiger partial charge is 0.249 e. The van der Waals surface area contributed by atoms with Crippen LogP contribution in [-0.4, -0.2) is 121 Å². The maximum atomic E-state index is 13.0. The summed E-state index contributed by atoms with van der Waals surface area (Å²) in [5.74, 6) is -0.690. The number of carbonyl (C=O) groups is 1. The first-order valence-corrected chi connectivity index (χ1v) is 21.8. The largest absolute Gasteiger partial charge is 0.394 e. The van der Waals surface area contributed by atoms with Crippen LogP contribution >= 0.6 is 0 Å². The Morgan fingerprint density at radius 2 is 1.20 bits per heavy atom. The molecule has 0 spiro atoms. The molecule has 10 atom stereocenters. The minimum absolute atomic E-state index is 0.258. The van der Waals surface area contributed by atoms with Crippen molar-refractivity contribution in [2.24, 2.45) is 0 Å². The summed E-state index contributed by atoms with van der Waals surface area (Å²) in [6.45, 7) is 5.13. The number of ether oxygens (including phenoxy) is 2. The van der Waals surface area contributed by atoms with E-state index in [0.717, 1.165) is 44.9 Å². The van der Waals surface area contributed by atoms with Crippen LogP contribution in [-0.2, 0) is 14.3 Å². The second-order valence-electron chi connectivity index (χ2n) is 15.7. The molecule has 0 aromatic rings. The topological polar surface area (TPSA) is 209 Å². The minimum atomic E-state index is -1.66. The number of nitrogens with one attached hydrogen (secondary N) is 1. The molecule has 1 heterocycles. The number of hydrogen-bond acceptors (Lipinski definition) is 11. The lowest BCUT2D eigenvalue weighted by Gasteiger charge is -2.40. The van der Waals surface area contributed by atoms with E-state index in [9.17, 15) is 45.6 Å². The molecule has 0 aliphatic carbocycles. The molecule has 12 heteroatoms. The number of amides is 1. The number of carbonyl (C=O) groups excluding carboxylic acids is 1. The zero-order valence-corrected chi connectivity index (χ0v) is 34.5. The molecule has 0 aromatic heterocycles. The van der Waals surface area contributed by atoms with E-state index < -0.39 is 80.3 Å². The fourth-order valence-electron chi connectivity index (χ4n) is 6.88. The standard InChI is InChI=1S/C43H81NO11/c1-4-6-8-10-11-12-13-14-15-16-17-18-20-22-28-37(49)42(53)44-34(31-54-43-41(52)40(51)39(50)38(30-45)55-43)36(48)27-24-23-26-35(47)32(3)29-33(46)25-21-19-9-7-5-2/h24,27,29,33-41,43,45-52H,4-23,25-26,28,30-31H2,1-3H3,(H,44,53)/b27-24+,32-29+/t33?,34-,35?,36+,37+,38+,39+,40-,41+,43+/m0/s1. The highest BCUT2D eigenvalue weighted by Crippen LogP contribution is 2.23. The summed E-state index contributed by atoms with van der Waals surface area (Å²) in [5.41, 5.74) is 0.667. The van der Waals surface area contributed by atoms with E-state index in [1.54, 1.807) is 19.1 Å². The van der Waals surface area contributed by atoms with Crippen molar-refractivity contribution in [1.82, 2.24) is 5.32 Å². The molecule has 0 radical (unpaired) electrons. The second-order valence-corrected chi connectivity index (χ2v) is 15.7. The predicted octanol–water partition coefficient (Wildman–Crippen LogP) is 5.25. The van der Waals surface area contributed by atoms with Gasteiger partial charge in [0.15, 0.2) is 6.29 Å². The highest BCUT2D eigenvalue weighted by Gasteiger charge is 2.44. The van der Waals surface area contributed by atoms with E-state index in [4.69, 9.17) is 9.47 Å². The predicted molar refractivity (Wildman–Crippen MR) is 216 cm³/mol. The van der Waals surface area contributed by atoms with Crippen LogP contribution in [0, 0.1) is 0 Å². The van der Waals surface area contributed by atoms with Crippen LogP contribution in [0.2, 0.25) is 0 Å². The Morgan fingerprint density at radius 3 is 1.73 bits per heavy atom. The molecular weight excluding hydrogens is 706 g/mol. The van der Waals surface area contributed by atoms with Crippen LogP contribution in [0.3, 0.4) is 0 Å². The Hall–Kier alpha value is -1.45. The Morgan fingerprint density at radius 1 is 0.691 bits per heavy atom. The molecule has 0 bridgehead atoms. The molecule has 1 fully saturated rings. The fourth-order valence-corrected chi connectivity index (χ4v) is 6.88. The molecule has 0 saturated carbocycles. The summed E-state index contributed by atoms with van der Waals surface area (Å²) >= 11 is 0. The van der Waals surface area contributed by atoms with Gasteiger partial charge in [-0.2, -0.15) is 0 Å². The molecule has 1 aliphatic heterocycles. The van der Waals surface area contributed by atoms with Crippen LogP contribution in [0.15, 0.2) is 23.8 Å². The summed E-state index contributed by atoms with van der Waals surface area (Å²) in [6.07, 6.45) is 17.1. The number of allylic oxidation sites excluding steroid dienone is 1. The lowest BCUT2D eigenvalue weighted by atomic mass is 9.99. The van der Waals surface area contributed by atoms with E-state index in [1.165, 1.54) is 76.7 Å². The minimum Gasteiger partial charge on any atom is -0.394 e. The Balaban J connectivity index is 2.63. The highest BCUT2D eigenvalue weighted by molar-refractivity contribution is 5.80. The van der Waals surface area contributed by atoms with Crippen molar-refractivity contribution in [2.45, 2.75) is 230 Å². The number of aliphatic hydroxyl groups is 8. The monoisotopic (exact) mass is 788 g/mol. The first-order valence-electron chi connectivity index (χ1n) is 21.8. The van der Waals surface area contributed by atoms with Gasteiger partial charge in [-0.25, -0.2) is 0 Å². The van der Waals surface area contributed by atoms with Gasteiger partial charge >= 0.3 is 0 Å². The lowest BCUT2D eigenvalue weighted by molar-refractivity contribution is -0.302. The van der Waals surface area contributed by atoms with Gasteiger partial charge in [0, 0.05) is 0 Å². The van der Waals surface area contributed by atoms with Gasteiger partial charge in [-0.15, -0.1) is 0 Å². The van der Waals surface area contributed by atoms with Crippen LogP contribution in [0.25, 0.3) is 0 Å². The van der Waals surface area contributed by atoms with Gasteiger partial charge in [0.05, 0.1) is 37.6 Å². The summed E-state index contributed by atoms with van der Waals surface area (Å²) < 4.78 is 11.1. The average Bonchev–Trinajstić information content (AvgIpc) is 3.17. The number of aliphatic hydroxyl groups excluding tert-OH is 8. The molecule has 2 unspecified atom stereocenters. The van der Waals surface area contributed by atoms with Crippen molar-refractivity contribution in [3.63, 3.8) is 0 Å². The molecule has 12 nitrogen and oxygen atoms in total. The van der Waals surface area contributed by atoms with Crippen molar-refractivity contribution < 1.29 is 55.1 Å². The maximum Gasteiger partial charge on any atom is 0.249 e. The Labute approximate surface area is 332 Å². The zero-order chi connectivity index (χ0) is 40.8. The zero-order valence-electron chi connectivity index (χ0n) is 34.5. The first kappa shape index (κ1) is 51.6. The van der Waals surface area contributed by atoms with Crippen molar-refractivity contribution in [3.8, 4) is 0 Å². The van der Waals surface area contributed by atoms with Gasteiger partial charge in [0.2, 0.25) is 5.91 Å². The third-order valence-corrected chi connectivity index (χ3v) is 10.7. The third kappa shape index (κ3) is 23.5. The quantitative estimate of drug-likeness (QED) is 0.0304. The summed E-state index contributed by atoms with van der Waals surface area (Å²) in [7, 11) is 0. The highest BCUT2D eigenvalue weighted by atomic mass is 16.7. The van der Waals surface area contributed by atoms with Crippen LogP contribution in [0.1, 0.15) is 168 Å². The third-order valence-electron chi connectivity index (χ3n) is 10.7.